The van der Waals surface area contributed by atoms with Crippen LogP contribution in [0.1, 0.15) is 25.8 Å². The molecule has 0 aliphatic carbocycles. The summed E-state index contributed by atoms with van der Waals surface area (Å²) >= 11 is 5.75. The van der Waals surface area contributed by atoms with Crippen molar-refractivity contribution in [3.05, 3.63) is 40.4 Å². The number of hydrogen-bond acceptors (Lipinski definition) is 1. The lowest BCUT2D eigenvalue weighted by Crippen LogP contribution is -1.95. The van der Waals surface area contributed by atoms with Crippen LogP contribution in [-0.2, 0) is 4.79 Å². The normalized spacial score (nSPS) is 11.5. The summed E-state index contributed by atoms with van der Waals surface area (Å²) in [6.07, 6.45) is 2.43. The van der Waals surface area contributed by atoms with Gasteiger partial charge in [-0.05, 0) is 36.3 Å². The fourth-order valence-electron chi connectivity index (χ4n) is 1.17. The zero-order valence-corrected chi connectivity index (χ0v) is 9.14. The lowest BCUT2D eigenvalue weighted by molar-refractivity contribution is -0.115. The van der Waals surface area contributed by atoms with Gasteiger partial charge in [0.1, 0.15) is 0 Å². The molecule has 1 aromatic rings. The van der Waals surface area contributed by atoms with Crippen molar-refractivity contribution in [3.8, 4) is 0 Å². The second-order valence-electron chi connectivity index (χ2n) is 3.16. The highest BCUT2D eigenvalue weighted by atomic mass is 35.5. The summed E-state index contributed by atoms with van der Waals surface area (Å²) in [7, 11) is 0. The molecule has 0 fully saturated rings. The predicted molar refractivity (Wildman–Crippen MR) is 60.4 cm³/mol. The van der Waals surface area contributed by atoms with Crippen molar-refractivity contribution in [1.29, 1.82) is 0 Å². The minimum absolute atomic E-state index is 0.181. The molecule has 0 heterocycles. The number of carbonyl (C=O) groups excluding carboxylic acids is 1. The lowest BCUT2D eigenvalue weighted by Gasteiger charge is -1.98. The Labute approximate surface area is 89.4 Å². The molecule has 0 spiro atoms. The standard InChI is InChI=1S/C12H13ClO/c1-3-12(14)9(2)8-10-4-6-11(13)7-5-10/h4-8H,3H2,1-2H3/b9-8-. The van der Waals surface area contributed by atoms with E-state index >= 15 is 0 Å². The largest absolute Gasteiger partial charge is 0.295 e. The molecule has 1 aromatic carbocycles. The molecule has 0 bridgehead atoms. The lowest BCUT2D eigenvalue weighted by atomic mass is 10.1. The van der Waals surface area contributed by atoms with Crippen LogP contribution in [0.15, 0.2) is 29.8 Å². The highest BCUT2D eigenvalue weighted by Crippen LogP contribution is 2.13. The van der Waals surface area contributed by atoms with Crippen molar-refractivity contribution in [3.63, 3.8) is 0 Å². The van der Waals surface area contributed by atoms with E-state index in [4.69, 9.17) is 11.6 Å². The van der Waals surface area contributed by atoms with E-state index in [1.54, 1.807) is 0 Å². The van der Waals surface area contributed by atoms with E-state index in [1.807, 2.05) is 44.2 Å². The highest BCUT2D eigenvalue weighted by molar-refractivity contribution is 6.30. The SMILES string of the molecule is CCC(=O)/C(C)=C\c1ccc(Cl)cc1. The zero-order chi connectivity index (χ0) is 10.6. The molecule has 74 valence electrons. The quantitative estimate of drug-likeness (QED) is 0.692. The number of Topliss-reactive ketones (excluding diaryl/α,β-unsaturated/α-hetero) is 1. The second kappa shape index (κ2) is 4.97. The van der Waals surface area contributed by atoms with Gasteiger partial charge in [-0.15, -0.1) is 0 Å². The van der Waals surface area contributed by atoms with Crippen molar-refractivity contribution in [1.82, 2.24) is 0 Å². The van der Waals surface area contributed by atoms with E-state index < -0.39 is 0 Å². The van der Waals surface area contributed by atoms with Gasteiger partial charge in [0, 0.05) is 11.4 Å². The molecule has 0 amide bonds. The number of ketones is 1. The summed E-state index contributed by atoms with van der Waals surface area (Å²) in [6.45, 7) is 3.70. The van der Waals surface area contributed by atoms with Gasteiger partial charge in [0.25, 0.3) is 0 Å². The maximum Gasteiger partial charge on any atom is 0.158 e. The maximum absolute atomic E-state index is 11.3. The second-order valence-corrected chi connectivity index (χ2v) is 3.59. The Hall–Kier alpha value is -1.08. The van der Waals surface area contributed by atoms with Crippen LogP contribution in [0.25, 0.3) is 6.08 Å². The summed E-state index contributed by atoms with van der Waals surface area (Å²) in [6, 6.07) is 7.43. The Balaban J connectivity index is 2.86. The molecule has 1 nitrogen and oxygen atoms in total. The van der Waals surface area contributed by atoms with Gasteiger partial charge in [0.05, 0.1) is 0 Å². The first-order valence-electron chi connectivity index (χ1n) is 4.60. The maximum atomic E-state index is 11.3. The Morgan fingerprint density at radius 3 is 2.43 bits per heavy atom. The molecular weight excluding hydrogens is 196 g/mol. The number of benzene rings is 1. The van der Waals surface area contributed by atoms with Gasteiger partial charge < -0.3 is 0 Å². The third-order valence-electron chi connectivity index (χ3n) is 2.01. The first kappa shape index (κ1) is 11.0. The summed E-state index contributed by atoms with van der Waals surface area (Å²) in [5.41, 5.74) is 1.79. The average molecular weight is 209 g/mol. The van der Waals surface area contributed by atoms with Crippen LogP contribution in [0.2, 0.25) is 5.02 Å². The van der Waals surface area contributed by atoms with Crippen LogP contribution in [0.5, 0.6) is 0 Å². The number of halogens is 1. The smallest absolute Gasteiger partial charge is 0.158 e. The monoisotopic (exact) mass is 208 g/mol. The van der Waals surface area contributed by atoms with Crippen LogP contribution in [0.4, 0.5) is 0 Å². The van der Waals surface area contributed by atoms with Gasteiger partial charge >= 0.3 is 0 Å². The van der Waals surface area contributed by atoms with E-state index in [0.717, 1.165) is 11.1 Å². The van der Waals surface area contributed by atoms with Crippen LogP contribution in [0, 0.1) is 0 Å². The van der Waals surface area contributed by atoms with Gasteiger partial charge in [-0.2, -0.15) is 0 Å². The summed E-state index contributed by atoms with van der Waals surface area (Å²) in [5, 5.41) is 0.710. The zero-order valence-electron chi connectivity index (χ0n) is 8.38. The highest BCUT2D eigenvalue weighted by Gasteiger charge is 2.00. The fourth-order valence-corrected chi connectivity index (χ4v) is 1.29. The third-order valence-corrected chi connectivity index (χ3v) is 2.27. The van der Waals surface area contributed by atoms with Crippen molar-refractivity contribution in [2.24, 2.45) is 0 Å². The van der Waals surface area contributed by atoms with E-state index in [9.17, 15) is 4.79 Å². The molecule has 0 saturated carbocycles. The van der Waals surface area contributed by atoms with E-state index in [0.29, 0.717) is 11.4 Å². The van der Waals surface area contributed by atoms with Gasteiger partial charge in [-0.1, -0.05) is 30.7 Å². The minimum atomic E-state index is 0.181. The van der Waals surface area contributed by atoms with Crippen molar-refractivity contribution in [2.75, 3.05) is 0 Å². The summed E-state index contributed by atoms with van der Waals surface area (Å²) in [5.74, 6) is 0.181. The molecule has 0 N–H and O–H groups in total. The van der Waals surface area contributed by atoms with Crippen molar-refractivity contribution < 1.29 is 4.79 Å². The molecule has 2 heteroatoms. The Bertz CT molecular complexity index is 349. The van der Waals surface area contributed by atoms with Crippen LogP contribution in [-0.4, -0.2) is 5.78 Å². The van der Waals surface area contributed by atoms with E-state index in [1.165, 1.54) is 0 Å². The first-order valence-corrected chi connectivity index (χ1v) is 4.98. The number of allylic oxidation sites excluding steroid dienone is 1. The number of rotatable bonds is 3. The molecule has 1 rings (SSSR count). The molecule has 0 radical (unpaired) electrons. The summed E-state index contributed by atoms with van der Waals surface area (Å²) < 4.78 is 0. The first-order chi connectivity index (χ1) is 6.63. The van der Waals surface area contributed by atoms with Gasteiger partial charge in [0.15, 0.2) is 5.78 Å². The Morgan fingerprint density at radius 2 is 1.93 bits per heavy atom. The Morgan fingerprint density at radius 1 is 1.36 bits per heavy atom. The molecule has 0 atom stereocenters. The molecule has 14 heavy (non-hydrogen) atoms. The molecule has 0 aliphatic rings. The summed E-state index contributed by atoms with van der Waals surface area (Å²) in [4.78, 5) is 11.3. The minimum Gasteiger partial charge on any atom is -0.295 e. The van der Waals surface area contributed by atoms with Crippen molar-refractivity contribution in [2.45, 2.75) is 20.3 Å². The Kier molecular flexibility index (Phi) is 3.90. The van der Waals surface area contributed by atoms with Crippen LogP contribution in [0.3, 0.4) is 0 Å². The van der Waals surface area contributed by atoms with Gasteiger partial charge in [-0.25, -0.2) is 0 Å². The van der Waals surface area contributed by atoms with Crippen LogP contribution < -0.4 is 0 Å². The number of carbonyl (C=O) groups is 1. The van der Waals surface area contributed by atoms with Gasteiger partial charge in [0.2, 0.25) is 0 Å². The van der Waals surface area contributed by atoms with Gasteiger partial charge in [-0.3, -0.25) is 4.79 Å². The van der Waals surface area contributed by atoms with E-state index in [2.05, 4.69) is 0 Å². The van der Waals surface area contributed by atoms with Crippen LogP contribution >= 0.6 is 11.6 Å². The van der Waals surface area contributed by atoms with E-state index in [-0.39, 0.29) is 5.78 Å². The fraction of sp³-hybridized carbons (Fsp3) is 0.250. The third kappa shape index (κ3) is 3.00. The molecule has 0 saturated heterocycles. The topological polar surface area (TPSA) is 17.1 Å². The molecule has 0 aromatic heterocycles. The predicted octanol–water partition coefficient (Wildman–Crippen LogP) is 3.72. The molecule has 0 unspecified atom stereocenters. The molecule has 0 aliphatic heterocycles. The number of hydrogen-bond donors (Lipinski definition) is 0. The van der Waals surface area contributed by atoms with Crippen molar-refractivity contribution >= 4 is 23.5 Å². The average Bonchev–Trinajstić information content (AvgIpc) is 2.20. The molecular formula is C12H13ClO.